The molecule has 1 aliphatic rings. The molecule has 0 spiro atoms. The summed E-state index contributed by atoms with van der Waals surface area (Å²) in [5.74, 6) is -0.550. The number of methoxy groups -OCH3 is 2. The van der Waals surface area contributed by atoms with E-state index in [9.17, 15) is 23.1 Å². The zero-order chi connectivity index (χ0) is 22.8. The minimum Gasteiger partial charge on any atom is -0.497 e. The molecule has 2 atom stereocenters. The van der Waals surface area contributed by atoms with Crippen LogP contribution < -0.4 is 9.47 Å². The molecule has 0 aromatic heterocycles. The van der Waals surface area contributed by atoms with Crippen LogP contribution in [0.3, 0.4) is 0 Å². The molecule has 0 amide bonds. The predicted octanol–water partition coefficient (Wildman–Crippen LogP) is 5.26. The number of halogens is 4. The van der Waals surface area contributed by atoms with Gasteiger partial charge in [-0.1, -0.05) is 17.7 Å². The van der Waals surface area contributed by atoms with Gasteiger partial charge in [0, 0.05) is 18.2 Å². The van der Waals surface area contributed by atoms with E-state index in [-0.39, 0.29) is 6.54 Å². The highest BCUT2D eigenvalue weighted by Crippen LogP contribution is 2.42. The van der Waals surface area contributed by atoms with Crippen molar-refractivity contribution in [2.75, 3.05) is 27.3 Å². The van der Waals surface area contributed by atoms with Crippen LogP contribution in [-0.4, -0.2) is 43.3 Å². The maximum Gasteiger partial charge on any atom is 0.417 e. The molecule has 1 heterocycles. The van der Waals surface area contributed by atoms with Crippen molar-refractivity contribution in [3.05, 3.63) is 58.1 Å². The average molecular weight is 458 g/mol. The first-order valence-corrected chi connectivity index (χ1v) is 10.1. The maximum atomic E-state index is 13.5. The highest BCUT2D eigenvalue weighted by Gasteiger charge is 2.37. The number of ether oxygens (including phenoxy) is 2. The molecular weight excluding hydrogens is 435 g/mol. The topological polar surface area (TPSA) is 59.0 Å². The third kappa shape index (κ3) is 5.07. The molecule has 1 saturated heterocycles. The number of nitrogens with zero attached hydrogens (tertiary/aromatic N) is 1. The van der Waals surface area contributed by atoms with E-state index in [2.05, 4.69) is 0 Å². The fourth-order valence-corrected chi connectivity index (χ4v) is 4.23. The lowest BCUT2D eigenvalue weighted by molar-refractivity contribution is -0.143. The molecule has 0 saturated carbocycles. The summed E-state index contributed by atoms with van der Waals surface area (Å²) >= 11 is 5.83. The van der Waals surface area contributed by atoms with Gasteiger partial charge in [0.15, 0.2) is 0 Å². The molecule has 1 aliphatic heterocycles. The number of carbonyl (C=O) groups is 1. The van der Waals surface area contributed by atoms with Crippen LogP contribution in [0.2, 0.25) is 5.02 Å². The van der Waals surface area contributed by atoms with Crippen LogP contribution in [0.15, 0.2) is 36.4 Å². The number of benzene rings is 2. The number of hydrogen-bond donors (Lipinski definition) is 1. The highest BCUT2D eigenvalue weighted by atomic mass is 35.5. The molecule has 1 fully saturated rings. The lowest BCUT2D eigenvalue weighted by Crippen LogP contribution is -2.41. The van der Waals surface area contributed by atoms with Gasteiger partial charge in [0.2, 0.25) is 0 Å². The Kier molecular flexibility index (Phi) is 7.01. The first-order valence-electron chi connectivity index (χ1n) is 9.71. The van der Waals surface area contributed by atoms with E-state index < -0.39 is 34.7 Å². The summed E-state index contributed by atoms with van der Waals surface area (Å²) in [5.41, 5.74) is 0.0342. The number of likely N-dealkylation sites (tertiary alicyclic amines) is 1. The molecule has 31 heavy (non-hydrogen) atoms. The standard InChI is InChI=1S/C22H23ClF3NO4/c1-30-15-6-7-16(19(11-15)31-2)20(27-9-3-4-14(12-27)21(28)29)13-5-8-18(23)17(10-13)22(24,25)26/h5-8,10-11,14,20H,3-4,9,12H2,1-2H3,(H,28,29). The van der Waals surface area contributed by atoms with Crippen molar-refractivity contribution >= 4 is 17.6 Å². The number of hydrogen-bond acceptors (Lipinski definition) is 4. The van der Waals surface area contributed by atoms with E-state index in [1.807, 2.05) is 4.90 Å². The predicted molar refractivity (Wildman–Crippen MR) is 110 cm³/mol. The Hall–Kier alpha value is -2.45. The van der Waals surface area contributed by atoms with Crippen LogP contribution in [0.1, 0.15) is 35.6 Å². The van der Waals surface area contributed by atoms with Crippen LogP contribution in [0.4, 0.5) is 13.2 Å². The highest BCUT2D eigenvalue weighted by molar-refractivity contribution is 6.31. The molecule has 5 nitrogen and oxygen atoms in total. The van der Waals surface area contributed by atoms with Gasteiger partial charge in [-0.15, -0.1) is 0 Å². The van der Waals surface area contributed by atoms with Crippen molar-refractivity contribution < 1.29 is 32.5 Å². The lowest BCUT2D eigenvalue weighted by Gasteiger charge is -2.38. The van der Waals surface area contributed by atoms with E-state index in [0.717, 1.165) is 6.07 Å². The summed E-state index contributed by atoms with van der Waals surface area (Å²) in [6, 6.07) is 8.22. The zero-order valence-corrected chi connectivity index (χ0v) is 17.8. The van der Waals surface area contributed by atoms with Gasteiger partial charge in [-0.05, 0) is 49.2 Å². The van der Waals surface area contributed by atoms with Gasteiger partial charge in [0.25, 0.3) is 0 Å². The Morgan fingerprint density at radius 2 is 1.94 bits per heavy atom. The molecule has 2 aromatic carbocycles. The second kappa shape index (κ2) is 9.36. The van der Waals surface area contributed by atoms with Gasteiger partial charge in [-0.3, -0.25) is 9.69 Å². The number of piperidine rings is 1. The third-order valence-corrected chi connectivity index (χ3v) is 5.84. The Bertz CT molecular complexity index is 951. The van der Waals surface area contributed by atoms with Crippen molar-refractivity contribution in [2.24, 2.45) is 5.92 Å². The molecule has 0 aliphatic carbocycles. The fourth-order valence-electron chi connectivity index (χ4n) is 4.00. The van der Waals surface area contributed by atoms with Crippen LogP contribution in [0.25, 0.3) is 0 Å². The number of rotatable bonds is 6. The van der Waals surface area contributed by atoms with Crippen LogP contribution in [0.5, 0.6) is 11.5 Å². The first-order chi connectivity index (χ1) is 14.7. The van der Waals surface area contributed by atoms with E-state index in [4.69, 9.17) is 21.1 Å². The van der Waals surface area contributed by atoms with Crippen molar-refractivity contribution in [3.63, 3.8) is 0 Å². The summed E-state index contributed by atoms with van der Waals surface area (Å²) in [6.07, 6.45) is -3.48. The molecule has 0 radical (unpaired) electrons. The molecule has 1 N–H and O–H groups in total. The Labute approximate surface area is 183 Å². The molecule has 2 unspecified atom stereocenters. The lowest BCUT2D eigenvalue weighted by atomic mass is 9.90. The Balaban J connectivity index is 2.15. The molecular formula is C22H23ClF3NO4. The summed E-state index contributed by atoms with van der Waals surface area (Å²) in [4.78, 5) is 13.5. The fraction of sp³-hybridized carbons (Fsp3) is 0.409. The average Bonchev–Trinajstić information content (AvgIpc) is 2.74. The van der Waals surface area contributed by atoms with Gasteiger partial charge >= 0.3 is 12.1 Å². The van der Waals surface area contributed by atoms with Crippen LogP contribution in [-0.2, 0) is 11.0 Å². The minimum absolute atomic E-state index is 0.208. The largest absolute Gasteiger partial charge is 0.497 e. The van der Waals surface area contributed by atoms with Crippen LogP contribution in [0, 0.1) is 5.92 Å². The van der Waals surface area contributed by atoms with E-state index in [1.165, 1.54) is 26.4 Å². The molecule has 2 aromatic rings. The Morgan fingerprint density at radius 1 is 1.19 bits per heavy atom. The summed E-state index contributed by atoms with van der Waals surface area (Å²) in [5, 5.41) is 9.11. The van der Waals surface area contributed by atoms with E-state index in [0.29, 0.717) is 42.0 Å². The van der Waals surface area contributed by atoms with E-state index in [1.54, 1.807) is 18.2 Å². The van der Waals surface area contributed by atoms with Gasteiger partial charge in [0.05, 0.1) is 36.8 Å². The zero-order valence-electron chi connectivity index (χ0n) is 17.1. The van der Waals surface area contributed by atoms with Crippen molar-refractivity contribution in [3.8, 4) is 11.5 Å². The Morgan fingerprint density at radius 3 is 2.55 bits per heavy atom. The minimum atomic E-state index is -4.62. The third-order valence-electron chi connectivity index (χ3n) is 5.51. The number of carboxylic acid groups (broad SMARTS) is 1. The number of alkyl halides is 3. The molecule has 3 rings (SSSR count). The van der Waals surface area contributed by atoms with Crippen molar-refractivity contribution in [1.82, 2.24) is 4.90 Å². The quantitative estimate of drug-likeness (QED) is 0.641. The molecule has 168 valence electrons. The van der Waals surface area contributed by atoms with Crippen molar-refractivity contribution in [1.29, 1.82) is 0 Å². The molecule has 9 heteroatoms. The van der Waals surface area contributed by atoms with Gasteiger partial charge in [0.1, 0.15) is 11.5 Å². The monoisotopic (exact) mass is 457 g/mol. The molecule has 0 bridgehead atoms. The summed E-state index contributed by atoms with van der Waals surface area (Å²) < 4.78 is 51.3. The first kappa shape index (κ1) is 23.2. The smallest absolute Gasteiger partial charge is 0.417 e. The number of carboxylic acids is 1. The van der Waals surface area contributed by atoms with Gasteiger partial charge in [-0.2, -0.15) is 13.2 Å². The second-order valence-corrected chi connectivity index (χ2v) is 7.83. The summed E-state index contributed by atoms with van der Waals surface area (Å²) in [7, 11) is 2.97. The normalized spacial score (nSPS) is 18.5. The second-order valence-electron chi connectivity index (χ2n) is 7.42. The van der Waals surface area contributed by atoms with Gasteiger partial charge < -0.3 is 14.6 Å². The maximum absolute atomic E-state index is 13.5. The summed E-state index contributed by atoms with van der Waals surface area (Å²) in [6.45, 7) is 0.743. The number of aliphatic carboxylic acids is 1. The van der Waals surface area contributed by atoms with E-state index >= 15 is 0 Å². The van der Waals surface area contributed by atoms with Crippen LogP contribution >= 0.6 is 11.6 Å². The van der Waals surface area contributed by atoms with Crippen molar-refractivity contribution in [2.45, 2.75) is 25.1 Å². The SMILES string of the molecule is COc1ccc(C(c2ccc(Cl)c(C(F)(F)F)c2)N2CCCC(C(=O)O)C2)c(OC)c1. The van der Waals surface area contributed by atoms with Gasteiger partial charge in [-0.25, -0.2) is 0 Å².